The Balaban J connectivity index is 1.61. The predicted molar refractivity (Wildman–Crippen MR) is 130 cm³/mol. The monoisotopic (exact) mass is 493 g/mol. The lowest BCUT2D eigenvalue weighted by Gasteiger charge is -2.30. The van der Waals surface area contributed by atoms with E-state index < -0.39 is 10.0 Å². The minimum atomic E-state index is -3.57. The lowest BCUT2D eigenvalue weighted by atomic mass is 10.0. The second-order valence-corrected chi connectivity index (χ2v) is 10.3. The Labute approximate surface area is 201 Å². The van der Waals surface area contributed by atoms with Gasteiger partial charge in [0.05, 0.1) is 24.7 Å². The van der Waals surface area contributed by atoms with Crippen molar-refractivity contribution in [3.8, 4) is 0 Å². The number of hydrogen-bond donors (Lipinski definition) is 1. The number of halogens is 1. The molecule has 1 atom stereocenters. The topological polar surface area (TPSA) is 79.0 Å². The lowest BCUT2D eigenvalue weighted by molar-refractivity contribution is 0.0730. The number of nitrogens with one attached hydrogen (secondary N) is 1. The Morgan fingerprint density at radius 2 is 1.67 bits per heavy atom. The molecule has 2 aromatic carbocycles. The maximum atomic E-state index is 12.8. The summed E-state index contributed by atoms with van der Waals surface area (Å²) in [5.74, 6) is -0.0836. The van der Waals surface area contributed by atoms with Gasteiger partial charge in [0.25, 0.3) is 0 Å². The highest BCUT2D eigenvalue weighted by atomic mass is 35.5. The molecule has 1 aliphatic heterocycles. The summed E-state index contributed by atoms with van der Waals surface area (Å²) in [5.41, 5.74) is 1.62. The van der Waals surface area contributed by atoms with E-state index in [4.69, 9.17) is 16.3 Å². The summed E-state index contributed by atoms with van der Waals surface area (Å²) >= 11 is 6.04. The number of nitrogens with zero attached hydrogens (tertiary/aromatic N) is 2. The summed E-state index contributed by atoms with van der Waals surface area (Å²) in [6, 6.07) is 14.1. The number of morpholine rings is 1. The molecule has 33 heavy (non-hydrogen) atoms. The molecule has 9 heteroatoms. The molecule has 1 aliphatic rings. The Hall–Kier alpha value is -1.81. The van der Waals surface area contributed by atoms with Crippen molar-refractivity contribution in [1.29, 1.82) is 0 Å². The van der Waals surface area contributed by atoms with E-state index in [1.807, 2.05) is 24.3 Å². The molecule has 0 bridgehead atoms. The average molecular weight is 494 g/mol. The van der Waals surface area contributed by atoms with Gasteiger partial charge in [-0.1, -0.05) is 49.7 Å². The number of carbonyl (C=O) groups is 1. The van der Waals surface area contributed by atoms with E-state index in [-0.39, 0.29) is 23.3 Å². The molecule has 2 aromatic rings. The normalized spacial score (nSPS) is 16.1. The molecule has 1 heterocycles. The summed E-state index contributed by atoms with van der Waals surface area (Å²) in [7, 11) is -3.57. The van der Waals surface area contributed by atoms with E-state index in [0.717, 1.165) is 18.7 Å². The number of ether oxygens (including phenoxy) is 1. The number of Topliss-reactive ketones (excluding diaryl/α,β-unsaturated/α-hetero) is 1. The number of hydrogen-bond acceptors (Lipinski definition) is 6. The van der Waals surface area contributed by atoms with Crippen molar-refractivity contribution in [3.63, 3.8) is 0 Å². The van der Waals surface area contributed by atoms with Gasteiger partial charge in [0, 0.05) is 36.3 Å². The highest BCUT2D eigenvalue weighted by Crippen LogP contribution is 2.22. The van der Waals surface area contributed by atoms with Crippen molar-refractivity contribution in [2.75, 3.05) is 52.5 Å². The van der Waals surface area contributed by atoms with Gasteiger partial charge in [-0.15, -0.1) is 0 Å². The number of carbonyl (C=O) groups excluding carboxylic acids is 1. The van der Waals surface area contributed by atoms with Gasteiger partial charge >= 0.3 is 0 Å². The van der Waals surface area contributed by atoms with Crippen LogP contribution in [-0.4, -0.2) is 75.9 Å². The second-order valence-electron chi connectivity index (χ2n) is 7.88. The molecule has 0 saturated carbocycles. The standard InChI is InChI=1S/C24H32ClN3O4S/c1-3-27(4-2)23(19-5-9-21(25)10-6-19)17-26-18-24(29)20-7-11-22(12-8-20)33(30,31)28-13-15-32-16-14-28/h5-12,23,26H,3-4,13-18H2,1-2H3. The zero-order valence-corrected chi connectivity index (χ0v) is 20.7. The first-order chi connectivity index (χ1) is 15.9. The van der Waals surface area contributed by atoms with Crippen LogP contribution >= 0.6 is 11.6 Å². The van der Waals surface area contributed by atoms with E-state index in [1.165, 1.54) is 16.4 Å². The quantitative estimate of drug-likeness (QED) is 0.484. The predicted octanol–water partition coefficient (Wildman–Crippen LogP) is 3.22. The molecule has 0 radical (unpaired) electrons. The van der Waals surface area contributed by atoms with Crippen LogP contribution in [0.15, 0.2) is 53.4 Å². The molecule has 0 aliphatic carbocycles. The Kier molecular flexibility index (Phi) is 9.43. The molecule has 0 amide bonds. The molecular weight excluding hydrogens is 462 g/mol. The van der Waals surface area contributed by atoms with Gasteiger partial charge in [-0.05, 0) is 42.9 Å². The van der Waals surface area contributed by atoms with Crippen molar-refractivity contribution >= 4 is 27.4 Å². The molecule has 3 rings (SSSR count). The van der Waals surface area contributed by atoms with Crippen LogP contribution in [0.25, 0.3) is 0 Å². The van der Waals surface area contributed by atoms with Crippen molar-refractivity contribution in [2.24, 2.45) is 0 Å². The van der Waals surface area contributed by atoms with E-state index in [9.17, 15) is 13.2 Å². The number of rotatable bonds is 11. The number of benzene rings is 2. The smallest absolute Gasteiger partial charge is 0.243 e. The van der Waals surface area contributed by atoms with Crippen LogP contribution < -0.4 is 5.32 Å². The minimum absolute atomic E-state index is 0.0836. The van der Waals surface area contributed by atoms with Crippen LogP contribution in [-0.2, 0) is 14.8 Å². The fourth-order valence-corrected chi connectivity index (χ4v) is 5.51. The lowest BCUT2D eigenvalue weighted by Crippen LogP contribution is -2.40. The zero-order chi connectivity index (χ0) is 23.8. The largest absolute Gasteiger partial charge is 0.379 e. The Morgan fingerprint density at radius 1 is 1.06 bits per heavy atom. The molecule has 1 saturated heterocycles. The highest BCUT2D eigenvalue weighted by Gasteiger charge is 2.26. The van der Waals surface area contributed by atoms with Crippen LogP contribution in [0.2, 0.25) is 5.02 Å². The maximum absolute atomic E-state index is 12.8. The fraction of sp³-hybridized carbons (Fsp3) is 0.458. The Bertz CT molecular complexity index is 1000. The van der Waals surface area contributed by atoms with Crippen molar-refractivity contribution in [1.82, 2.24) is 14.5 Å². The highest BCUT2D eigenvalue weighted by molar-refractivity contribution is 7.89. The van der Waals surface area contributed by atoms with Crippen LogP contribution in [0.3, 0.4) is 0 Å². The van der Waals surface area contributed by atoms with Crippen molar-refractivity contribution < 1.29 is 17.9 Å². The van der Waals surface area contributed by atoms with E-state index in [0.29, 0.717) is 43.4 Å². The molecule has 1 fully saturated rings. The first-order valence-corrected chi connectivity index (χ1v) is 13.1. The molecule has 1 unspecified atom stereocenters. The summed E-state index contributed by atoms with van der Waals surface area (Å²) < 4.78 is 32.2. The molecule has 0 spiro atoms. The SMILES string of the molecule is CCN(CC)C(CNCC(=O)c1ccc(S(=O)(=O)N2CCOCC2)cc1)c1ccc(Cl)cc1. The number of sulfonamides is 1. The third-order valence-electron chi connectivity index (χ3n) is 5.92. The fourth-order valence-electron chi connectivity index (χ4n) is 3.98. The van der Waals surface area contributed by atoms with Crippen LogP contribution in [0.4, 0.5) is 0 Å². The second kappa shape index (κ2) is 12.1. The third kappa shape index (κ3) is 6.62. The minimum Gasteiger partial charge on any atom is -0.379 e. The summed E-state index contributed by atoms with van der Waals surface area (Å²) in [4.78, 5) is 15.2. The van der Waals surface area contributed by atoms with Gasteiger partial charge in [-0.2, -0.15) is 4.31 Å². The number of ketones is 1. The van der Waals surface area contributed by atoms with Gasteiger partial charge in [-0.3, -0.25) is 9.69 Å². The van der Waals surface area contributed by atoms with Gasteiger partial charge in [0.1, 0.15) is 0 Å². The first kappa shape index (κ1) is 25.8. The molecule has 180 valence electrons. The van der Waals surface area contributed by atoms with Gasteiger partial charge in [0.15, 0.2) is 5.78 Å². The molecule has 0 aromatic heterocycles. The van der Waals surface area contributed by atoms with E-state index in [1.54, 1.807) is 12.1 Å². The molecule has 1 N–H and O–H groups in total. The zero-order valence-electron chi connectivity index (χ0n) is 19.2. The van der Waals surface area contributed by atoms with Crippen LogP contribution in [0.5, 0.6) is 0 Å². The summed E-state index contributed by atoms with van der Waals surface area (Å²) in [6.45, 7) is 8.26. The summed E-state index contributed by atoms with van der Waals surface area (Å²) in [5, 5.41) is 3.97. The molecular formula is C24H32ClN3O4S. The van der Waals surface area contributed by atoms with Crippen LogP contribution in [0.1, 0.15) is 35.8 Å². The van der Waals surface area contributed by atoms with Crippen LogP contribution in [0, 0.1) is 0 Å². The first-order valence-electron chi connectivity index (χ1n) is 11.3. The van der Waals surface area contributed by atoms with Gasteiger partial charge < -0.3 is 10.1 Å². The van der Waals surface area contributed by atoms with Gasteiger partial charge in [0.2, 0.25) is 10.0 Å². The van der Waals surface area contributed by atoms with Gasteiger partial charge in [-0.25, -0.2) is 8.42 Å². The van der Waals surface area contributed by atoms with E-state index in [2.05, 4.69) is 24.1 Å². The van der Waals surface area contributed by atoms with Crippen molar-refractivity contribution in [2.45, 2.75) is 24.8 Å². The third-order valence-corrected chi connectivity index (χ3v) is 8.08. The van der Waals surface area contributed by atoms with Crippen molar-refractivity contribution in [3.05, 3.63) is 64.7 Å². The average Bonchev–Trinajstić information content (AvgIpc) is 2.85. The Morgan fingerprint density at radius 3 is 2.24 bits per heavy atom. The maximum Gasteiger partial charge on any atom is 0.243 e. The van der Waals surface area contributed by atoms with E-state index >= 15 is 0 Å². The summed E-state index contributed by atoms with van der Waals surface area (Å²) in [6.07, 6.45) is 0. The number of likely N-dealkylation sites (N-methyl/N-ethyl adjacent to an activating group) is 1. The molecule has 7 nitrogen and oxygen atoms in total.